The third-order valence-corrected chi connectivity index (χ3v) is 4.30. The molecule has 0 saturated carbocycles. The molecule has 22 heavy (non-hydrogen) atoms. The van der Waals surface area contributed by atoms with E-state index in [0.29, 0.717) is 45.8 Å². The van der Waals surface area contributed by atoms with Gasteiger partial charge in [-0.15, -0.1) is 0 Å². The zero-order chi connectivity index (χ0) is 16.1. The number of piperazine rings is 2. The molecule has 8 heteroatoms. The van der Waals surface area contributed by atoms with Crippen molar-refractivity contribution in [3.63, 3.8) is 0 Å². The number of nitrogens with two attached hydrogens (primary N) is 1. The van der Waals surface area contributed by atoms with Crippen LogP contribution in [-0.2, 0) is 14.4 Å². The molecule has 2 fully saturated rings. The number of hydrogen-bond donors (Lipinski definition) is 1. The molecule has 2 heterocycles. The third-order valence-electron chi connectivity index (χ3n) is 4.30. The summed E-state index contributed by atoms with van der Waals surface area (Å²) in [5.74, 6) is -0.867. The first kappa shape index (κ1) is 16.7. The molecular formula is C14H25N5O3. The number of carbonyl (C=O) groups excluding carboxylic acids is 3. The Hall–Kier alpha value is -1.67. The van der Waals surface area contributed by atoms with E-state index in [9.17, 15) is 14.4 Å². The molecule has 0 radical (unpaired) electrons. The van der Waals surface area contributed by atoms with E-state index in [4.69, 9.17) is 5.73 Å². The van der Waals surface area contributed by atoms with Gasteiger partial charge in [0, 0.05) is 72.4 Å². The van der Waals surface area contributed by atoms with Crippen LogP contribution in [0, 0.1) is 0 Å². The van der Waals surface area contributed by atoms with Crippen molar-refractivity contribution in [3.8, 4) is 0 Å². The molecule has 0 aromatic carbocycles. The maximum absolute atomic E-state index is 12.3. The quantitative estimate of drug-likeness (QED) is 0.584. The molecule has 0 unspecified atom stereocenters. The fourth-order valence-electron chi connectivity index (χ4n) is 2.85. The second kappa shape index (κ2) is 7.55. The van der Waals surface area contributed by atoms with Crippen molar-refractivity contribution in [2.24, 2.45) is 5.73 Å². The van der Waals surface area contributed by atoms with E-state index in [0.717, 1.165) is 19.6 Å². The van der Waals surface area contributed by atoms with Gasteiger partial charge < -0.3 is 20.4 Å². The van der Waals surface area contributed by atoms with Crippen molar-refractivity contribution < 1.29 is 14.4 Å². The largest absolute Gasteiger partial charge is 0.339 e. The average molecular weight is 311 g/mol. The highest BCUT2D eigenvalue weighted by Gasteiger charge is 2.31. The number of carbonyl (C=O) groups is 3. The van der Waals surface area contributed by atoms with Crippen LogP contribution in [0.4, 0.5) is 0 Å². The SMILES string of the molecule is CC(=O)N1CCN(C(=O)C(=O)N2CCN(CCN)CC2)CC1. The summed E-state index contributed by atoms with van der Waals surface area (Å²) in [7, 11) is 0. The molecule has 8 nitrogen and oxygen atoms in total. The van der Waals surface area contributed by atoms with Crippen LogP contribution in [0.2, 0.25) is 0 Å². The van der Waals surface area contributed by atoms with E-state index in [2.05, 4.69) is 4.90 Å². The molecule has 0 spiro atoms. The lowest BCUT2D eigenvalue weighted by Gasteiger charge is -2.37. The number of hydrogen-bond acceptors (Lipinski definition) is 5. The second-order valence-electron chi connectivity index (χ2n) is 5.72. The van der Waals surface area contributed by atoms with Gasteiger partial charge in [0.25, 0.3) is 0 Å². The summed E-state index contributed by atoms with van der Waals surface area (Å²) < 4.78 is 0. The van der Waals surface area contributed by atoms with Gasteiger partial charge in [0.1, 0.15) is 0 Å². The van der Waals surface area contributed by atoms with Gasteiger partial charge in [0.15, 0.2) is 0 Å². The molecule has 0 atom stereocenters. The predicted molar refractivity (Wildman–Crippen MR) is 80.9 cm³/mol. The first-order chi connectivity index (χ1) is 10.5. The van der Waals surface area contributed by atoms with Gasteiger partial charge in [-0.1, -0.05) is 0 Å². The molecule has 2 rings (SSSR count). The molecule has 2 N–H and O–H groups in total. The highest BCUT2D eigenvalue weighted by atomic mass is 16.2. The molecule has 0 bridgehead atoms. The van der Waals surface area contributed by atoms with Gasteiger partial charge in [-0.3, -0.25) is 19.3 Å². The predicted octanol–water partition coefficient (Wildman–Crippen LogP) is -2.22. The summed E-state index contributed by atoms with van der Waals surface area (Å²) >= 11 is 0. The Morgan fingerprint density at radius 2 is 1.18 bits per heavy atom. The molecule has 0 aliphatic carbocycles. The van der Waals surface area contributed by atoms with E-state index in [1.807, 2.05) is 0 Å². The Morgan fingerprint density at radius 3 is 1.59 bits per heavy atom. The molecule has 3 amide bonds. The maximum atomic E-state index is 12.3. The van der Waals surface area contributed by atoms with Crippen molar-refractivity contribution in [1.29, 1.82) is 0 Å². The number of amides is 3. The van der Waals surface area contributed by atoms with Crippen LogP contribution in [0.3, 0.4) is 0 Å². The Bertz CT molecular complexity index is 426. The first-order valence-electron chi connectivity index (χ1n) is 7.79. The fourth-order valence-corrected chi connectivity index (χ4v) is 2.85. The van der Waals surface area contributed by atoms with Crippen LogP contribution >= 0.6 is 0 Å². The van der Waals surface area contributed by atoms with Crippen molar-refractivity contribution in [2.45, 2.75) is 6.92 Å². The molecular weight excluding hydrogens is 286 g/mol. The standard InChI is InChI=1S/C14H25N5O3/c1-12(20)17-8-10-19(11-9-17)14(22)13(21)18-6-4-16(3-2-15)5-7-18/h2-11,15H2,1H3. The average Bonchev–Trinajstić information content (AvgIpc) is 2.54. The Balaban J connectivity index is 1.81. The third kappa shape index (κ3) is 3.95. The van der Waals surface area contributed by atoms with Gasteiger partial charge in [0.2, 0.25) is 5.91 Å². The minimum atomic E-state index is -0.449. The lowest BCUT2D eigenvalue weighted by molar-refractivity contribution is -0.154. The second-order valence-corrected chi connectivity index (χ2v) is 5.72. The molecule has 2 saturated heterocycles. The van der Waals surface area contributed by atoms with Crippen molar-refractivity contribution in [2.75, 3.05) is 65.4 Å². The normalized spacial score (nSPS) is 20.2. The Labute approximate surface area is 130 Å². The Morgan fingerprint density at radius 1 is 0.773 bits per heavy atom. The number of nitrogens with zero attached hydrogens (tertiary/aromatic N) is 4. The zero-order valence-electron chi connectivity index (χ0n) is 13.2. The van der Waals surface area contributed by atoms with Crippen LogP contribution in [0.5, 0.6) is 0 Å². The monoisotopic (exact) mass is 311 g/mol. The maximum Gasteiger partial charge on any atom is 0.312 e. The molecule has 0 aromatic rings. The summed E-state index contributed by atoms with van der Waals surface area (Å²) in [6, 6.07) is 0. The van der Waals surface area contributed by atoms with Gasteiger partial charge in [-0.2, -0.15) is 0 Å². The van der Waals surface area contributed by atoms with Crippen LogP contribution in [0.1, 0.15) is 6.92 Å². The smallest absolute Gasteiger partial charge is 0.312 e. The van der Waals surface area contributed by atoms with E-state index in [1.165, 1.54) is 6.92 Å². The molecule has 2 aliphatic heterocycles. The highest BCUT2D eigenvalue weighted by Crippen LogP contribution is 2.07. The van der Waals surface area contributed by atoms with Crippen molar-refractivity contribution in [1.82, 2.24) is 19.6 Å². The molecule has 124 valence electrons. The summed E-state index contributed by atoms with van der Waals surface area (Å²) in [5, 5.41) is 0. The minimum absolute atomic E-state index is 0.00875. The lowest BCUT2D eigenvalue weighted by atomic mass is 10.2. The highest BCUT2D eigenvalue weighted by molar-refractivity contribution is 6.34. The van der Waals surface area contributed by atoms with E-state index in [-0.39, 0.29) is 5.91 Å². The fraction of sp³-hybridized carbons (Fsp3) is 0.786. The van der Waals surface area contributed by atoms with Crippen LogP contribution < -0.4 is 5.73 Å². The van der Waals surface area contributed by atoms with Crippen LogP contribution in [-0.4, -0.2) is 103 Å². The summed E-state index contributed by atoms with van der Waals surface area (Å²) in [6.07, 6.45) is 0. The topological polar surface area (TPSA) is 90.2 Å². The van der Waals surface area contributed by atoms with E-state index < -0.39 is 11.8 Å². The molecule has 0 aromatic heterocycles. The molecule has 2 aliphatic rings. The number of rotatable bonds is 2. The van der Waals surface area contributed by atoms with E-state index in [1.54, 1.807) is 14.7 Å². The zero-order valence-corrected chi connectivity index (χ0v) is 13.2. The van der Waals surface area contributed by atoms with Crippen LogP contribution in [0.25, 0.3) is 0 Å². The van der Waals surface area contributed by atoms with Gasteiger partial charge in [0.05, 0.1) is 0 Å². The van der Waals surface area contributed by atoms with Crippen LogP contribution in [0.15, 0.2) is 0 Å². The first-order valence-corrected chi connectivity index (χ1v) is 7.79. The summed E-state index contributed by atoms with van der Waals surface area (Å²) in [6.45, 7) is 7.45. The van der Waals surface area contributed by atoms with Gasteiger partial charge in [-0.05, 0) is 0 Å². The van der Waals surface area contributed by atoms with Gasteiger partial charge in [-0.25, -0.2) is 0 Å². The summed E-state index contributed by atoms with van der Waals surface area (Å²) in [4.78, 5) is 42.9. The van der Waals surface area contributed by atoms with E-state index >= 15 is 0 Å². The summed E-state index contributed by atoms with van der Waals surface area (Å²) in [5.41, 5.74) is 5.52. The van der Waals surface area contributed by atoms with Crippen molar-refractivity contribution in [3.05, 3.63) is 0 Å². The van der Waals surface area contributed by atoms with Crippen molar-refractivity contribution >= 4 is 17.7 Å². The Kier molecular flexibility index (Phi) is 5.73. The minimum Gasteiger partial charge on any atom is -0.339 e. The lowest BCUT2D eigenvalue weighted by Crippen LogP contribution is -2.57. The van der Waals surface area contributed by atoms with Gasteiger partial charge >= 0.3 is 11.8 Å².